The van der Waals surface area contributed by atoms with Gasteiger partial charge in [-0.1, -0.05) is 12.1 Å². The minimum Gasteiger partial charge on any atom is -0.339 e. The van der Waals surface area contributed by atoms with E-state index < -0.39 is 24.9 Å². The summed E-state index contributed by atoms with van der Waals surface area (Å²) in [6.07, 6.45) is 2.59. The molecule has 0 saturated carbocycles. The smallest absolute Gasteiger partial charge is 0.339 e. The number of rotatable bonds is 8. The maximum Gasteiger partial charge on any atom is 0.389 e. The molecule has 228 valence electrons. The summed E-state index contributed by atoms with van der Waals surface area (Å²) in [6.45, 7) is 1.32. The third-order valence-electron chi connectivity index (χ3n) is 8.09. The molecule has 4 aromatic rings. The molecule has 0 radical (unpaired) electrons. The van der Waals surface area contributed by atoms with Gasteiger partial charge >= 0.3 is 6.18 Å². The zero-order chi connectivity index (χ0) is 30.7. The second kappa shape index (κ2) is 12.5. The molecule has 1 atom stereocenters. The average molecular weight is 604 g/mol. The monoisotopic (exact) mass is 603 g/mol. The van der Waals surface area contributed by atoms with Crippen molar-refractivity contribution in [2.75, 3.05) is 25.0 Å². The Morgan fingerprint density at radius 2 is 1.86 bits per heavy atom. The molecule has 2 aliphatic heterocycles. The third-order valence-corrected chi connectivity index (χ3v) is 8.09. The number of nitrogens with one attached hydrogen (secondary N) is 1. The van der Waals surface area contributed by atoms with Gasteiger partial charge in [-0.15, -0.1) is 5.10 Å². The van der Waals surface area contributed by atoms with E-state index in [1.807, 2.05) is 53.4 Å². The van der Waals surface area contributed by atoms with Crippen LogP contribution in [-0.4, -0.2) is 73.0 Å². The van der Waals surface area contributed by atoms with Crippen molar-refractivity contribution >= 4 is 34.7 Å². The molecule has 2 amide bonds. The van der Waals surface area contributed by atoms with Crippen LogP contribution in [0.5, 0.6) is 0 Å². The number of halogens is 3. The van der Waals surface area contributed by atoms with Gasteiger partial charge in [-0.2, -0.15) is 18.2 Å². The van der Waals surface area contributed by atoms with E-state index in [4.69, 9.17) is 0 Å². The first-order chi connectivity index (χ1) is 21.2. The van der Waals surface area contributed by atoms with E-state index >= 15 is 0 Å². The molecule has 5 heterocycles. The molecule has 1 aromatic carbocycles. The highest BCUT2D eigenvalue weighted by Gasteiger charge is 2.31. The van der Waals surface area contributed by atoms with Gasteiger partial charge < -0.3 is 15.1 Å². The molecule has 0 spiro atoms. The molecule has 9 nitrogen and oxygen atoms in total. The lowest BCUT2D eigenvalue weighted by Crippen LogP contribution is -2.36. The maximum atomic E-state index is 13.3. The summed E-state index contributed by atoms with van der Waals surface area (Å²) in [7, 11) is 0. The number of carbonyl (C=O) groups excluding carboxylic acids is 2. The standard InChI is InChI=1S/C32H32F3N7O2/c33-32(34,35)15-12-28(43)40-19-13-22(14-20-40)27-7-4-18-42-29(27)38-31(39-42)37-24-10-8-23(9-11-24)30(44)41-17-3-6-26(41)21-25-5-1-2-16-36-25/h1-2,4-5,7-11,13,16,18,26H,3,6,12,14-15,17,19-21H2,(H,37,39). The molecule has 3 aromatic heterocycles. The first kappa shape index (κ1) is 29.3. The number of anilines is 2. The van der Waals surface area contributed by atoms with E-state index in [1.165, 1.54) is 4.90 Å². The summed E-state index contributed by atoms with van der Waals surface area (Å²) in [5, 5.41) is 7.75. The fraction of sp³-hybridized carbons (Fsp3) is 0.344. The highest BCUT2D eigenvalue weighted by Crippen LogP contribution is 2.28. The summed E-state index contributed by atoms with van der Waals surface area (Å²) in [5.41, 5.74) is 4.76. The first-order valence-electron chi connectivity index (χ1n) is 14.7. The maximum absolute atomic E-state index is 13.3. The van der Waals surface area contributed by atoms with Crippen LogP contribution in [0.2, 0.25) is 0 Å². The molecule has 12 heteroatoms. The Labute approximate surface area is 252 Å². The van der Waals surface area contributed by atoms with Crippen LogP contribution in [0.15, 0.2) is 73.1 Å². The van der Waals surface area contributed by atoms with Crippen molar-refractivity contribution in [3.05, 3.63) is 89.9 Å². The Bertz CT molecular complexity index is 1670. The largest absolute Gasteiger partial charge is 0.389 e. The van der Waals surface area contributed by atoms with Crippen molar-refractivity contribution in [3.63, 3.8) is 0 Å². The molecule has 2 aliphatic rings. The number of alkyl halides is 3. The predicted molar refractivity (Wildman–Crippen MR) is 159 cm³/mol. The number of likely N-dealkylation sites (tertiary alicyclic amines) is 1. The van der Waals surface area contributed by atoms with E-state index in [0.29, 0.717) is 30.1 Å². The van der Waals surface area contributed by atoms with E-state index in [0.717, 1.165) is 48.3 Å². The van der Waals surface area contributed by atoms with Gasteiger partial charge in [0, 0.05) is 73.4 Å². The number of fused-ring (bicyclic) bond motifs is 1. The Kier molecular flexibility index (Phi) is 8.32. The lowest BCUT2D eigenvalue weighted by Gasteiger charge is -2.27. The van der Waals surface area contributed by atoms with Crippen molar-refractivity contribution in [2.45, 2.75) is 50.7 Å². The van der Waals surface area contributed by atoms with E-state index in [9.17, 15) is 22.8 Å². The number of aromatic nitrogens is 4. The van der Waals surface area contributed by atoms with Crippen molar-refractivity contribution in [3.8, 4) is 0 Å². The summed E-state index contributed by atoms with van der Waals surface area (Å²) in [5.74, 6) is -0.110. The number of pyridine rings is 2. The fourth-order valence-corrected chi connectivity index (χ4v) is 5.82. The van der Waals surface area contributed by atoms with E-state index in [2.05, 4.69) is 20.4 Å². The van der Waals surface area contributed by atoms with Crippen LogP contribution in [-0.2, 0) is 11.2 Å². The van der Waals surface area contributed by atoms with Crippen molar-refractivity contribution in [1.82, 2.24) is 29.4 Å². The molecular formula is C32H32F3N7O2. The van der Waals surface area contributed by atoms with Gasteiger partial charge in [0.05, 0.1) is 6.42 Å². The lowest BCUT2D eigenvalue weighted by atomic mass is 10.00. The van der Waals surface area contributed by atoms with Crippen LogP contribution < -0.4 is 5.32 Å². The minimum atomic E-state index is -4.35. The van der Waals surface area contributed by atoms with Crippen molar-refractivity contribution in [2.24, 2.45) is 0 Å². The van der Waals surface area contributed by atoms with Crippen molar-refractivity contribution < 1.29 is 22.8 Å². The molecule has 1 unspecified atom stereocenters. The van der Waals surface area contributed by atoms with Crippen LogP contribution in [0.3, 0.4) is 0 Å². The zero-order valence-corrected chi connectivity index (χ0v) is 24.0. The molecule has 1 saturated heterocycles. The zero-order valence-electron chi connectivity index (χ0n) is 24.0. The molecule has 0 aliphatic carbocycles. The van der Waals surface area contributed by atoms with Gasteiger partial charge in [-0.05, 0) is 73.4 Å². The highest BCUT2D eigenvalue weighted by atomic mass is 19.4. The van der Waals surface area contributed by atoms with E-state index in [-0.39, 0.29) is 18.5 Å². The molecule has 44 heavy (non-hydrogen) atoms. The normalized spacial score (nSPS) is 17.2. The van der Waals surface area contributed by atoms with Crippen molar-refractivity contribution in [1.29, 1.82) is 0 Å². The van der Waals surface area contributed by atoms with Gasteiger partial charge in [0.25, 0.3) is 5.91 Å². The number of benzene rings is 1. The predicted octanol–water partition coefficient (Wildman–Crippen LogP) is 5.67. The second-order valence-corrected chi connectivity index (χ2v) is 11.1. The third kappa shape index (κ3) is 6.74. The number of amides is 2. The summed E-state index contributed by atoms with van der Waals surface area (Å²) < 4.78 is 39.2. The number of hydrogen-bond donors (Lipinski definition) is 1. The summed E-state index contributed by atoms with van der Waals surface area (Å²) in [6, 6.07) is 17.0. The SMILES string of the molecule is O=C(CCC(F)(F)F)N1CC=C(c2cccn3nc(Nc4ccc(C(=O)N5CCCC5Cc5ccccn5)cc4)nc23)CC1. The first-order valence-corrected chi connectivity index (χ1v) is 14.7. The summed E-state index contributed by atoms with van der Waals surface area (Å²) in [4.78, 5) is 38.1. The van der Waals surface area contributed by atoms with Crippen LogP contribution in [0.1, 0.15) is 53.7 Å². The van der Waals surface area contributed by atoms with Crippen LogP contribution in [0.4, 0.5) is 24.8 Å². The minimum absolute atomic E-state index is 0.00634. The van der Waals surface area contributed by atoms with Gasteiger partial charge in [0.2, 0.25) is 11.9 Å². The fourth-order valence-electron chi connectivity index (χ4n) is 5.82. The second-order valence-electron chi connectivity index (χ2n) is 11.1. The highest BCUT2D eigenvalue weighted by molar-refractivity contribution is 5.95. The van der Waals surface area contributed by atoms with Crippen LogP contribution in [0, 0.1) is 0 Å². The Hall–Kier alpha value is -4.74. The number of hydrogen-bond acceptors (Lipinski definition) is 6. The number of nitrogens with zero attached hydrogens (tertiary/aromatic N) is 6. The Morgan fingerprint density at radius 3 is 2.59 bits per heavy atom. The quantitative estimate of drug-likeness (QED) is 0.279. The number of carbonyl (C=O) groups is 2. The van der Waals surface area contributed by atoms with Gasteiger partial charge in [-0.3, -0.25) is 14.6 Å². The molecule has 6 rings (SSSR count). The Balaban J connectivity index is 1.10. The van der Waals surface area contributed by atoms with Gasteiger partial charge in [0.1, 0.15) is 0 Å². The van der Waals surface area contributed by atoms with Gasteiger partial charge in [0.15, 0.2) is 5.65 Å². The summed E-state index contributed by atoms with van der Waals surface area (Å²) >= 11 is 0. The van der Waals surface area contributed by atoms with Crippen LogP contribution >= 0.6 is 0 Å². The molecule has 0 bridgehead atoms. The Morgan fingerprint density at radius 1 is 1.02 bits per heavy atom. The molecular weight excluding hydrogens is 571 g/mol. The molecule has 1 N–H and O–H groups in total. The topological polar surface area (TPSA) is 95.7 Å². The van der Waals surface area contributed by atoms with Gasteiger partial charge in [-0.25, -0.2) is 4.52 Å². The average Bonchev–Trinajstić information content (AvgIpc) is 3.66. The lowest BCUT2D eigenvalue weighted by molar-refractivity contribution is -0.148. The molecule has 1 fully saturated rings. The van der Waals surface area contributed by atoms with Crippen LogP contribution in [0.25, 0.3) is 11.2 Å². The van der Waals surface area contributed by atoms with E-state index in [1.54, 1.807) is 29.0 Å².